The van der Waals surface area contributed by atoms with Crippen LogP contribution in [0, 0.1) is 0 Å². The van der Waals surface area contributed by atoms with Gasteiger partial charge in [-0.25, -0.2) is 0 Å². The van der Waals surface area contributed by atoms with E-state index >= 15 is 0 Å². The number of benzene rings is 1. The highest BCUT2D eigenvalue weighted by Crippen LogP contribution is 2.34. The Labute approximate surface area is 79.0 Å². The van der Waals surface area contributed by atoms with E-state index in [0.717, 1.165) is 0 Å². The fourth-order valence-electron chi connectivity index (χ4n) is 1.12. The van der Waals surface area contributed by atoms with Crippen LogP contribution in [0.25, 0.3) is 0 Å². The molecule has 0 amide bonds. The second-order valence-electron chi connectivity index (χ2n) is 2.41. The number of ketones is 1. The lowest BCUT2D eigenvalue weighted by Gasteiger charge is -1.97. The van der Waals surface area contributed by atoms with Crippen LogP contribution in [0.4, 0.5) is 0 Å². The van der Waals surface area contributed by atoms with Gasteiger partial charge in [-0.3, -0.25) is 4.79 Å². The minimum absolute atomic E-state index is 0.266. The number of ether oxygens (including phenoxy) is 1. The number of alkyl halides is 1. The van der Waals surface area contributed by atoms with Gasteiger partial charge in [-0.05, 0) is 12.1 Å². The zero-order chi connectivity index (χ0) is 8.72. The van der Waals surface area contributed by atoms with Gasteiger partial charge in [-0.1, -0.05) is 29.3 Å². The van der Waals surface area contributed by atoms with Gasteiger partial charge in [-0.15, -0.1) is 0 Å². The molecule has 2 rings (SSSR count). The van der Waals surface area contributed by atoms with Crippen LogP contribution in [0.3, 0.4) is 0 Å². The van der Waals surface area contributed by atoms with Crippen molar-refractivity contribution in [2.45, 2.75) is 5.56 Å². The lowest BCUT2D eigenvalue weighted by atomic mass is 10.1. The first-order valence-electron chi connectivity index (χ1n) is 3.33. The maximum absolute atomic E-state index is 11.3. The number of rotatable bonds is 0. The summed E-state index contributed by atoms with van der Waals surface area (Å²) in [6.45, 7) is 0. The van der Waals surface area contributed by atoms with Crippen LogP contribution >= 0.6 is 23.2 Å². The standard InChI is InChI=1S/C8H4Cl2O2/c9-4-2-1-3-5-6(4)7(11)8(10)12-5/h1-3,8H. The molecule has 0 N–H and O–H groups in total. The van der Waals surface area contributed by atoms with Crippen LogP contribution in [0.2, 0.25) is 5.02 Å². The maximum Gasteiger partial charge on any atom is 0.235 e. The zero-order valence-corrected chi connectivity index (χ0v) is 7.39. The van der Waals surface area contributed by atoms with Gasteiger partial charge in [0.05, 0.1) is 10.6 Å². The molecule has 0 aromatic heterocycles. The largest absolute Gasteiger partial charge is 0.466 e. The van der Waals surface area contributed by atoms with Crippen LogP contribution in [-0.4, -0.2) is 11.3 Å². The third kappa shape index (κ3) is 0.993. The Morgan fingerprint density at radius 2 is 2.17 bits per heavy atom. The molecule has 1 atom stereocenters. The Morgan fingerprint density at radius 3 is 2.83 bits per heavy atom. The van der Waals surface area contributed by atoms with Gasteiger partial charge < -0.3 is 4.74 Å². The third-order valence-corrected chi connectivity index (χ3v) is 2.26. The van der Waals surface area contributed by atoms with Gasteiger partial charge in [0, 0.05) is 0 Å². The highest BCUT2D eigenvalue weighted by Gasteiger charge is 2.32. The number of fused-ring (bicyclic) bond motifs is 1. The molecular weight excluding hydrogens is 199 g/mol. The average molecular weight is 203 g/mol. The minimum Gasteiger partial charge on any atom is -0.466 e. The summed E-state index contributed by atoms with van der Waals surface area (Å²) < 4.78 is 5.03. The van der Waals surface area contributed by atoms with E-state index in [1.165, 1.54) is 0 Å². The highest BCUT2D eigenvalue weighted by atomic mass is 35.5. The number of Topliss-reactive ketones (excluding diaryl/α,β-unsaturated/α-hetero) is 1. The molecule has 1 unspecified atom stereocenters. The number of hydrogen-bond donors (Lipinski definition) is 0. The van der Waals surface area contributed by atoms with Crippen molar-refractivity contribution in [1.29, 1.82) is 0 Å². The molecule has 1 aromatic rings. The van der Waals surface area contributed by atoms with E-state index in [2.05, 4.69) is 0 Å². The molecule has 0 spiro atoms. The number of halogens is 2. The summed E-state index contributed by atoms with van der Waals surface area (Å²) in [5.74, 6) is 0.199. The third-order valence-electron chi connectivity index (χ3n) is 1.66. The van der Waals surface area contributed by atoms with Crippen molar-refractivity contribution in [1.82, 2.24) is 0 Å². The second-order valence-corrected chi connectivity index (χ2v) is 3.21. The summed E-state index contributed by atoms with van der Waals surface area (Å²) in [4.78, 5) is 11.3. The van der Waals surface area contributed by atoms with Crippen LogP contribution in [0.15, 0.2) is 18.2 Å². The van der Waals surface area contributed by atoms with E-state index in [0.29, 0.717) is 16.3 Å². The fraction of sp³-hybridized carbons (Fsp3) is 0.125. The van der Waals surface area contributed by atoms with E-state index in [-0.39, 0.29) is 5.78 Å². The van der Waals surface area contributed by atoms with Crippen molar-refractivity contribution in [3.63, 3.8) is 0 Å². The van der Waals surface area contributed by atoms with E-state index in [4.69, 9.17) is 27.9 Å². The van der Waals surface area contributed by atoms with E-state index in [1.807, 2.05) is 0 Å². The van der Waals surface area contributed by atoms with Crippen LogP contribution < -0.4 is 4.74 Å². The van der Waals surface area contributed by atoms with Gasteiger partial charge in [0.2, 0.25) is 11.3 Å². The minimum atomic E-state index is -0.917. The molecule has 1 aliphatic heterocycles. The van der Waals surface area contributed by atoms with Gasteiger partial charge >= 0.3 is 0 Å². The quantitative estimate of drug-likeness (QED) is 0.605. The molecule has 0 radical (unpaired) electrons. The topological polar surface area (TPSA) is 26.3 Å². The van der Waals surface area contributed by atoms with E-state index < -0.39 is 5.56 Å². The monoisotopic (exact) mass is 202 g/mol. The Bertz CT molecular complexity index is 349. The van der Waals surface area contributed by atoms with Gasteiger partial charge in [0.1, 0.15) is 5.75 Å². The molecule has 0 saturated heterocycles. The molecule has 0 fully saturated rings. The number of carbonyl (C=O) groups is 1. The lowest BCUT2D eigenvalue weighted by molar-refractivity contribution is 0.0932. The van der Waals surface area contributed by atoms with Crippen molar-refractivity contribution in [3.05, 3.63) is 28.8 Å². The Balaban J connectivity index is 2.62. The summed E-state index contributed by atoms with van der Waals surface area (Å²) >= 11 is 11.3. The van der Waals surface area contributed by atoms with Crippen molar-refractivity contribution >= 4 is 29.0 Å². The van der Waals surface area contributed by atoms with Crippen LogP contribution in [-0.2, 0) is 0 Å². The summed E-state index contributed by atoms with van der Waals surface area (Å²) in [7, 11) is 0. The SMILES string of the molecule is O=C1c2c(Cl)cccc2OC1Cl. The molecular formula is C8H4Cl2O2. The van der Waals surface area contributed by atoms with Crippen molar-refractivity contribution in [3.8, 4) is 5.75 Å². The molecule has 62 valence electrons. The summed E-state index contributed by atoms with van der Waals surface area (Å²) in [6.07, 6.45) is 0. The molecule has 0 bridgehead atoms. The Hall–Kier alpha value is -0.730. The normalized spacial score (nSPS) is 20.5. The number of carbonyl (C=O) groups excluding carboxylic acids is 1. The van der Waals surface area contributed by atoms with Crippen LogP contribution in [0.1, 0.15) is 10.4 Å². The van der Waals surface area contributed by atoms with E-state index in [1.54, 1.807) is 18.2 Å². The Kier molecular flexibility index (Phi) is 1.74. The first-order chi connectivity index (χ1) is 5.70. The lowest BCUT2D eigenvalue weighted by Crippen LogP contribution is -2.11. The number of hydrogen-bond acceptors (Lipinski definition) is 2. The van der Waals surface area contributed by atoms with Crippen LogP contribution in [0.5, 0.6) is 5.75 Å². The molecule has 0 saturated carbocycles. The van der Waals surface area contributed by atoms with Crippen molar-refractivity contribution in [2.24, 2.45) is 0 Å². The summed E-state index contributed by atoms with van der Waals surface area (Å²) in [5.41, 5.74) is -0.529. The van der Waals surface area contributed by atoms with E-state index in [9.17, 15) is 4.79 Å². The van der Waals surface area contributed by atoms with Crippen molar-refractivity contribution < 1.29 is 9.53 Å². The molecule has 12 heavy (non-hydrogen) atoms. The highest BCUT2D eigenvalue weighted by molar-refractivity contribution is 6.40. The predicted octanol–water partition coefficient (Wildman–Crippen LogP) is 2.48. The Morgan fingerprint density at radius 1 is 1.42 bits per heavy atom. The first kappa shape index (κ1) is 7.90. The van der Waals surface area contributed by atoms with Gasteiger partial charge in [-0.2, -0.15) is 0 Å². The molecule has 1 heterocycles. The molecule has 1 aromatic carbocycles. The maximum atomic E-state index is 11.3. The summed E-state index contributed by atoms with van der Waals surface area (Å²) in [5, 5.41) is 0.389. The zero-order valence-electron chi connectivity index (χ0n) is 5.88. The average Bonchev–Trinajstić information content (AvgIpc) is 2.29. The molecule has 1 aliphatic rings. The first-order valence-corrected chi connectivity index (χ1v) is 4.15. The smallest absolute Gasteiger partial charge is 0.235 e. The molecule has 4 heteroatoms. The molecule has 2 nitrogen and oxygen atoms in total. The predicted molar refractivity (Wildman–Crippen MR) is 46.1 cm³/mol. The second kappa shape index (κ2) is 2.64. The fourth-order valence-corrected chi connectivity index (χ4v) is 1.58. The summed E-state index contributed by atoms with van der Waals surface area (Å²) in [6, 6.07) is 5.02. The van der Waals surface area contributed by atoms with Gasteiger partial charge in [0.25, 0.3) is 0 Å². The molecule has 0 aliphatic carbocycles. The van der Waals surface area contributed by atoms with Gasteiger partial charge in [0.15, 0.2) is 0 Å². The van der Waals surface area contributed by atoms with Crippen molar-refractivity contribution in [2.75, 3.05) is 0 Å².